The van der Waals surface area contributed by atoms with Gasteiger partial charge in [-0.3, -0.25) is 10.1 Å². The molecule has 1 aromatic carbocycles. The van der Waals surface area contributed by atoms with Crippen molar-refractivity contribution in [2.24, 2.45) is 0 Å². The highest BCUT2D eigenvalue weighted by atomic mass is 19.1. The number of halogens is 1. The van der Waals surface area contributed by atoms with E-state index in [0.717, 1.165) is 13.2 Å². The third kappa shape index (κ3) is 4.92. The first-order chi connectivity index (χ1) is 12.1. The molecule has 0 atom stereocenters. The predicted molar refractivity (Wildman–Crippen MR) is 93.9 cm³/mol. The van der Waals surface area contributed by atoms with E-state index < -0.39 is 29.0 Å². The van der Waals surface area contributed by atoms with Crippen LogP contribution in [-0.2, 0) is 14.3 Å². The number of carbonyl (C=O) groups excluding carboxylic acids is 2. The number of ether oxygens (including phenoxy) is 2. The molecule has 1 amide bonds. The van der Waals surface area contributed by atoms with Crippen LogP contribution in [0.25, 0.3) is 17.0 Å². The lowest BCUT2D eigenvalue weighted by molar-refractivity contribution is -0.136. The average molecular weight is 362 g/mol. The summed E-state index contributed by atoms with van der Waals surface area (Å²) in [5.74, 6) is -1.34. The maximum Gasteiger partial charge on any atom is 0.412 e. The van der Waals surface area contributed by atoms with Gasteiger partial charge >= 0.3 is 12.1 Å². The fraction of sp³-hybridized carbons (Fsp3) is 0.278. The summed E-state index contributed by atoms with van der Waals surface area (Å²) in [6, 6.07) is 5.38. The molecule has 2 aromatic rings. The van der Waals surface area contributed by atoms with E-state index >= 15 is 0 Å². The number of esters is 1. The predicted octanol–water partition coefficient (Wildman–Crippen LogP) is 2.71. The van der Waals surface area contributed by atoms with Gasteiger partial charge in [0.2, 0.25) is 0 Å². The van der Waals surface area contributed by atoms with Gasteiger partial charge in [0.25, 0.3) is 5.56 Å². The van der Waals surface area contributed by atoms with Crippen molar-refractivity contribution >= 4 is 29.0 Å². The van der Waals surface area contributed by atoms with E-state index in [2.05, 4.69) is 15.0 Å². The molecular formula is C18H19FN2O5. The quantitative estimate of drug-likeness (QED) is 0.646. The minimum absolute atomic E-state index is 0.0839. The van der Waals surface area contributed by atoms with Gasteiger partial charge in [0.15, 0.2) is 0 Å². The van der Waals surface area contributed by atoms with Gasteiger partial charge in [-0.15, -0.1) is 0 Å². The van der Waals surface area contributed by atoms with Crippen molar-refractivity contribution in [3.63, 3.8) is 0 Å². The van der Waals surface area contributed by atoms with Crippen molar-refractivity contribution in [3.05, 3.63) is 51.7 Å². The van der Waals surface area contributed by atoms with E-state index in [1.165, 1.54) is 24.3 Å². The number of nitrogens with one attached hydrogen (secondary N) is 2. The Morgan fingerprint density at radius 1 is 1.23 bits per heavy atom. The molecule has 0 radical (unpaired) electrons. The Balaban J connectivity index is 2.43. The summed E-state index contributed by atoms with van der Waals surface area (Å²) >= 11 is 0. The molecule has 2 N–H and O–H groups in total. The largest absolute Gasteiger partial charge is 0.464 e. The average Bonchev–Trinajstić information content (AvgIpc) is 2.52. The molecule has 2 rings (SSSR count). The van der Waals surface area contributed by atoms with Crippen molar-refractivity contribution in [1.29, 1.82) is 0 Å². The van der Waals surface area contributed by atoms with Crippen LogP contribution in [-0.4, -0.2) is 29.8 Å². The molecule has 0 saturated heterocycles. The molecule has 7 nitrogen and oxygen atoms in total. The summed E-state index contributed by atoms with van der Waals surface area (Å²) in [6.07, 6.45) is 0.297. The number of benzene rings is 1. The molecule has 0 saturated carbocycles. The molecule has 8 heteroatoms. The molecular weight excluding hydrogens is 343 g/mol. The van der Waals surface area contributed by atoms with Gasteiger partial charge in [0.1, 0.15) is 17.1 Å². The number of amides is 1. The van der Waals surface area contributed by atoms with Crippen LogP contribution >= 0.6 is 0 Å². The maximum atomic E-state index is 13.3. The molecule has 1 aromatic heterocycles. The maximum absolute atomic E-state index is 13.3. The zero-order valence-electron chi connectivity index (χ0n) is 14.8. The fourth-order valence-electron chi connectivity index (χ4n) is 2.12. The molecule has 26 heavy (non-hydrogen) atoms. The van der Waals surface area contributed by atoms with E-state index in [4.69, 9.17) is 4.74 Å². The number of alkyl carbamates (subject to hydrolysis) is 1. The number of fused-ring (bicyclic) bond motifs is 1. The van der Waals surface area contributed by atoms with Gasteiger partial charge in [-0.2, -0.15) is 0 Å². The van der Waals surface area contributed by atoms with Gasteiger partial charge in [0.05, 0.1) is 12.6 Å². The minimum Gasteiger partial charge on any atom is -0.464 e. The summed E-state index contributed by atoms with van der Waals surface area (Å²) in [5.41, 5.74) is -1.20. The van der Waals surface area contributed by atoms with Crippen molar-refractivity contribution in [1.82, 2.24) is 10.3 Å². The summed E-state index contributed by atoms with van der Waals surface area (Å²) in [4.78, 5) is 38.5. The minimum atomic E-state index is -0.867. The Morgan fingerprint density at radius 3 is 2.54 bits per heavy atom. The van der Waals surface area contributed by atoms with Crippen molar-refractivity contribution in [3.8, 4) is 0 Å². The second kappa shape index (κ2) is 7.38. The highest BCUT2D eigenvalue weighted by molar-refractivity contribution is 5.97. The first-order valence-corrected chi connectivity index (χ1v) is 7.71. The lowest BCUT2D eigenvalue weighted by Gasteiger charge is -2.20. The highest BCUT2D eigenvalue weighted by Crippen LogP contribution is 2.14. The lowest BCUT2D eigenvalue weighted by Crippen LogP contribution is -2.34. The smallest absolute Gasteiger partial charge is 0.412 e. The Hall–Kier alpha value is -3.16. The van der Waals surface area contributed by atoms with E-state index in [-0.39, 0.29) is 11.3 Å². The van der Waals surface area contributed by atoms with E-state index in [9.17, 15) is 18.8 Å². The Bertz CT molecular complexity index is 941. The number of carbonyl (C=O) groups is 2. The van der Waals surface area contributed by atoms with Crippen LogP contribution in [0.1, 0.15) is 26.3 Å². The van der Waals surface area contributed by atoms with Crippen LogP contribution in [0.2, 0.25) is 0 Å². The molecule has 138 valence electrons. The SMILES string of the molecule is COC(=O)/C(=C/c1cc2ccc(F)cc2[nH]c1=O)NC(=O)OC(C)(C)C. The number of aromatic nitrogens is 1. The second-order valence-corrected chi connectivity index (χ2v) is 6.46. The Kier molecular flexibility index (Phi) is 5.44. The normalized spacial score (nSPS) is 12.0. The van der Waals surface area contributed by atoms with Crippen molar-refractivity contribution in [2.75, 3.05) is 7.11 Å². The number of hydrogen-bond donors (Lipinski definition) is 2. The Morgan fingerprint density at radius 2 is 1.92 bits per heavy atom. The van der Waals surface area contributed by atoms with Gasteiger partial charge in [0, 0.05) is 5.56 Å². The molecule has 0 aliphatic carbocycles. The van der Waals surface area contributed by atoms with E-state index in [0.29, 0.717) is 10.9 Å². The number of methoxy groups -OCH3 is 1. The zero-order chi connectivity index (χ0) is 19.5. The summed E-state index contributed by atoms with van der Waals surface area (Å²) in [7, 11) is 1.14. The van der Waals surface area contributed by atoms with Gasteiger partial charge in [-0.05, 0) is 56.5 Å². The molecule has 1 heterocycles. The number of rotatable bonds is 3. The monoisotopic (exact) mass is 362 g/mol. The number of H-pyrrole nitrogens is 1. The van der Waals surface area contributed by atoms with Crippen LogP contribution in [0.4, 0.5) is 9.18 Å². The molecule has 0 spiro atoms. The lowest BCUT2D eigenvalue weighted by atomic mass is 10.1. The summed E-state index contributed by atoms with van der Waals surface area (Å²) in [6.45, 7) is 5.00. The molecule has 0 fully saturated rings. The van der Waals surface area contributed by atoms with E-state index in [1.807, 2.05) is 0 Å². The third-order valence-electron chi connectivity index (χ3n) is 3.18. The highest BCUT2D eigenvalue weighted by Gasteiger charge is 2.20. The zero-order valence-corrected chi connectivity index (χ0v) is 14.8. The topological polar surface area (TPSA) is 97.5 Å². The van der Waals surface area contributed by atoms with Gasteiger partial charge in [-0.25, -0.2) is 14.0 Å². The molecule has 0 aliphatic heterocycles. The first-order valence-electron chi connectivity index (χ1n) is 7.71. The first kappa shape index (κ1) is 19.2. The van der Waals surface area contributed by atoms with Crippen molar-refractivity contribution in [2.45, 2.75) is 26.4 Å². The van der Waals surface area contributed by atoms with Crippen LogP contribution in [0.5, 0.6) is 0 Å². The fourth-order valence-corrected chi connectivity index (χ4v) is 2.12. The number of pyridine rings is 1. The van der Waals surface area contributed by atoms with E-state index in [1.54, 1.807) is 20.8 Å². The number of hydrogen-bond acceptors (Lipinski definition) is 5. The van der Waals surface area contributed by atoms with Crippen LogP contribution in [0.15, 0.2) is 34.8 Å². The van der Waals surface area contributed by atoms with Gasteiger partial charge in [-0.1, -0.05) is 0 Å². The molecule has 0 aliphatic rings. The third-order valence-corrected chi connectivity index (χ3v) is 3.18. The summed E-state index contributed by atoms with van der Waals surface area (Å²) in [5, 5.41) is 2.82. The van der Waals surface area contributed by atoms with Gasteiger partial charge < -0.3 is 14.5 Å². The van der Waals surface area contributed by atoms with Crippen LogP contribution in [0, 0.1) is 5.82 Å². The van der Waals surface area contributed by atoms with Crippen LogP contribution < -0.4 is 10.9 Å². The Labute approximate surface area is 148 Å². The second-order valence-electron chi connectivity index (χ2n) is 6.46. The number of aromatic amines is 1. The van der Waals surface area contributed by atoms with Crippen LogP contribution in [0.3, 0.4) is 0 Å². The summed E-state index contributed by atoms with van der Waals surface area (Å²) < 4.78 is 23.0. The molecule has 0 unspecified atom stereocenters. The molecule has 0 bridgehead atoms. The van der Waals surface area contributed by atoms with Crippen molar-refractivity contribution < 1.29 is 23.5 Å². The standard InChI is InChI=1S/C18H19FN2O5/c1-18(2,3)26-17(24)21-14(16(23)25-4)8-11-7-10-5-6-12(19)9-13(10)20-15(11)22/h5-9H,1-4H3,(H,20,22)(H,21,24)/b14-8-.